The standard InChI is InChI=1S/C15H12BrCl3O2/c1-20-14-5-9(7-16)4-13(19)15(14)21-8-10-2-3-11(17)6-12(10)18/h2-6H,7-8H2,1H3. The van der Waals surface area contributed by atoms with Crippen molar-refractivity contribution < 1.29 is 9.47 Å². The Kier molecular flexibility index (Phi) is 6.06. The maximum absolute atomic E-state index is 6.24. The van der Waals surface area contributed by atoms with Gasteiger partial charge in [-0.25, -0.2) is 0 Å². The van der Waals surface area contributed by atoms with Crippen LogP contribution in [-0.4, -0.2) is 7.11 Å². The van der Waals surface area contributed by atoms with Crippen molar-refractivity contribution in [3.63, 3.8) is 0 Å². The molecule has 0 unspecified atom stereocenters. The first kappa shape index (κ1) is 16.8. The molecule has 0 aliphatic heterocycles. The number of hydrogen-bond donors (Lipinski definition) is 0. The summed E-state index contributed by atoms with van der Waals surface area (Å²) in [5.41, 5.74) is 1.83. The minimum Gasteiger partial charge on any atom is -0.493 e. The fourth-order valence-corrected chi connectivity index (χ4v) is 2.85. The maximum Gasteiger partial charge on any atom is 0.180 e. The lowest BCUT2D eigenvalue weighted by Crippen LogP contribution is -2.00. The summed E-state index contributed by atoms with van der Waals surface area (Å²) in [4.78, 5) is 0. The molecule has 0 heterocycles. The molecule has 2 aromatic carbocycles. The van der Waals surface area contributed by atoms with E-state index in [0.717, 1.165) is 11.1 Å². The number of alkyl halides is 1. The lowest BCUT2D eigenvalue weighted by molar-refractivity contribution is 0.284. The molecule has 0 radical (unpaired) electrons. The summed E-state index contributed by atoms with van der Waals surface area (Å²) in [5.74, 6) is 1.08. The second kappa shape index (κ2) is 7.59. The highest BCUT2D eigenvalue weighted by atomic mass is 79.9. The van der Waals surface area contributed by atoms with Gasteiger partial charge >= 0.3 is 0 Å². The predicted molar refractivity (Wildman–Crippen MR) is 91.4 cm³/mol. The smallest absolute Gasteiger partial charge is 0.180 e. The maximum atomic E-state index is 6.24. The van der Waals surface area contributed by atoms with E-state index >= 15 is 0 Å². The van der Waals surface area contributed by atoms with Gasteiger partial charge in [0.05, 0.1) is 12.1 Å². The van der Waals surface area contributed by atoms with Gasteiger partial charge in [-0.2, -0.15) is 0 Å². The van der Waals surface area contributed by atoms with Crippen molar-refractivity contribution in [2.75, 3.05) is 7.11 Å². The molecule has 0 atom stereocenters. The zero-order chi connectivity index (χ0) is 15.4. The van der Waals surface area contributed by atoms with Crippen LogP contribution in [0, 0.1) is 0 Å². The third kappa shape index (κ3) is 4.19. The van der Waals surface area contributed by atoms with Crippen molar-refractivity contribution in [1.29, 1.82) is 0 Å². The highest BCUT2D eigenvalue weighted by Crippen LogP contribution is 2.37. The summed E-state index contributed by atoms with van der Waals surface area (Å²) in [6.07, 6.45) is 0. The molecule has 21 heavy (non-hydrogen) atoms. The van der Waals surface area contributed by atoms with Gasteiger partial charge in [0.25, 0.3) is 0 Å². The lowest BCUT2D eigenvalue weighted by atomic mass is 10.2. The molecule has 0 bridgehead atoms. The SMILES string of the molecule is COc1cc(CBr)cc(Cl)c1OCc1ccc(Cl)cc1Cl. The van der Waals surface area contributed by atoms with Crippen LogP contribution >= 0.6 is 50.7 Å². The summed E-state index contributed by atoms with van der Waals surface area (Å²) in [7, 11) is 1.58. The first-order valence-electron chi connectivity index (χ1n) is 6.04. The van der Waals surface area contributed by atoms with Crippen LogP contribution in [0.15, 0.2) is 30.3 Å². The molecule has 0 saturated heterocycles. The largest absolute Gasteiger partial charge is 0.493 e. The second-order valence-electron chi connectivity index (χ2n) is 4.27. The van der Waals surface area contributed by atoms with E-state index in [2.05, 4.69) is 15.9 Å². The van der Waals surface area contributed by atoms with Crippen LogP contribution in [0.3, 0.4) is 0 Å². The fourth-order valence-electron chi connectivity index (χ4n) is 1.78. The molecule has 0 saturated carbocycles. The van der Waals surface area contributed by atoms with Gasteiger partial charge in [0.15, 0.2) is 11.5 Å². The fraction of sp³-hybridized carbons (Fsp3) is 0.200. The average Bonchev–Trinajstić information content (AvgIpc) is 2.46. The predicted octanol–water partition coefficient (Wildman–Crippen LogP) is 6.13. The quantitative estimate of drug-likeness (QED) is 0.552. The monoisotopic (exact) mass is 408 g/mol. The molecule has 2 nitrogen and oxygen atoms in total. The normalized spacial score (nSPS) is 10.5. The summed E-state index contributed by atoms with van der Waals surface area (Å²) in [6, 6.07) is 8.96. The van der Waals surface area contributed by atoms with E-state index in [4.69, 9.17) is 44.3 Å². The molecule has 0 aliphatic rings. The van der Waals surface area contributed by atoms with Gasteiger partial charge in [-0.15, -0.1) is 0 Å². The van der Waals surface area contributed by atoms with Gasteiger partial charge in [0, 0.05) is 20.9 Å². The first-order valence-corrected chi connectivity index (χ1v) is 8.29. The number of halogens is 4. The molecule has 0 amide bonds. The third-order valence-electron chi connectivity index (χ3n) is 2.83. The molecule has 0 aromatic heterocycles. The number of hydrogen-bond acceptors (Lipinski definition) is 2. The van der Waals surface area contributed by atoms with Crippen molar-refractivity contribution in [3.05, 3.63) is 56.5 Å². The number of rotatable bonds is 5. The molecule has 0 aliphatic carbocycles. The Balaban J connectivity index is 2.23. The van der Waals surface area contributed by atoms with E-state index in [1.54, 1.807) is 19.2 Å². The summed E-state index contributed by atoms with van der Waals surface area (Å²) < 4.78 is 11.1. The van der Waals surface area contributed by atoms with Crippen LogP contribution < -0.4 is 9.47 Å². The van der Waals surface area contributed by atoms with Crippen molar-refractivity contribution in [2.45, 2.75) is 11.9 Å². The molecule has 2 rings (SSSR count). The number of benzene rings is 2. The third-order valence-corrected chi connectivity index (χ3v) is 4.35. The van der Waals surface area contributed by atoms with E-state index in [9.17, 15) is 0 Å². The molecule has 0 N–H and O–H groups in total. The first-order chi connectivity index (χ1) is 10.0. The van der Waals surface area contributed by atoms with Gasteiger partial charge in [-0.3, -0.25) is 0 Å². The van der Waals surface area contributed by atoms with Crippen LogP contribution in [0.2, 0.25) is 15.1 Å². The minimum absolute atomic E-state index is 0.278. The lowest BCUT2D eigenvalue weighted by Gasteiger charge is -2.14. The highest BCUT2D eigenvalue weighted by molar-refractivity contribution is 9.08. The Bertz CT molecular complexity index is 647. The molecular formula is C15H12BrCl3O2. The number of methoxy groups -OCH3 is 1. The van der Waals surface area contributed by atoms with Gasteiger partial charge in [-0.1, -0.05) is 56.8 Å². The van der Waals surface area contributed by atoms with Crippen LogP contribution in [0.1, 0.15) is 11.1 Å². The van der Waals surface area contributed by atoms with E-state index in [0.29, 0.717) is 31.9 Å². The topological polar surface area (TPSA) is 18.5 Å². The van der Waals surface area contributed by atoms with Crippen LogP contribution in [-0.2, 0) is 11.9 Å². The molecule has 0 fully saturated rings. The van der Waals surface area contributed by atoms with Gasteiger partial charge in [0.1, 0.15) is 6.61 Å². The zero-order valence-electron chi connectivity index (χ0n) is 11.1. The molecule has 0 spiro atoms. The Morgan fingerprint density at radius 1 is 1.05 bits per heavy atom. The zero-order valence-corrected chi connectivity index (χ0v) is 15.0. The Hall–Kier alpha value is -0.610. The average molecular weight is 411 g/mol. The molecular weight excluding hydrogens is 398 g/mol. The molecule has 2 aromatic rings. The van der Waals surface area contributed by atoms with Crippen LogP contribution in [0.25, 0.3) is 0 Å². The number of ether oxygens (including phenoxy) is 2. The van der Waals surface area contributed by atoms with Crippen LogP contribution in [0.5, 0.6) is 11.5 Å². The Morgan fingerprint density at radius 3 is 2.43 bits per heavy atom. The Morgan fingerprint density at radius 2 is 1.81 bits per heavy atom. The minimum atomic E-state index is 0.278. The van der Waals surface area contributed by atoms with Gasteiger partial charge < -0.3 is 9.47 Å². The molecule has 6 heteroatoms. The van der Waals surface area contributed by atoms with Crippen molar-refractivity contribution >= 4 is 50.7 Å². The van der Waals surface area contributed by atoms with E-state index < -0.39 is 0 Å². The summed E-state index contributed by atoms with van der Waals surface area (Å²) in [5, 5.41) is 2.32. The Labute approximate surface area is 147 Å². The second-order valence-corrected chi connectivity index (χ2v) is 6.08. The van der Waals surface area contributed by atoms with Crippen LogP contribution in [0.4, 0.5) is 0 Å². The van der Waals surface area contributed by atoms with E-state index in [-0.39, 0.29) is 6.61 Å². The summed E-state index contributed by atoms with van der Waals surface area (Å²) in [6.45, 7) is 0.278. The van der Waals surface area contributed by atoms with Gasteiger partial charge in [-0.05, 0) is 29.8 Å². The van der Waals surface area contributed by atoms with Gasteiger partial charge in [0.2, 0.25) is 0 Å². The van der Waals surface area contributed by atoms with Crippen molar-refractivity contribution in [1.82, 2.24) is 0 Å². The molecule has 112 valence electrons. The van der Waals surface area contributed by atoms with E-state index in [1.165, 1.54) is 0 Å². The summed E-state index contributed by atoms with van der Waals surface area (Å²) >= 11 is 21.6. The highest BCUT2D eigenvalue weighted by Gasteiger charge is 2.13. The van der Waals surface area contributed by atoms with E-state index in [1.807, 2.05) is 18.2 Å². The van der Waals surface area contributed by atoms with Crippen molar-refractivity contribution in [2.24, 2.45) is 0 Å². The van der Waals surface area contributed by atoms with Crippen molar-refractivity contribution in [3.8, 4) is 11.5 Å².